The van der Waals surface area contributed by atoms with Gasteiger partial charge in [-0.3, -0.25) is 4.68 Å². The van der Waals surface area contributed by atoms with Gasteiger partial charge in [0, 0.05) is 17.6 Å². The van der Waals surface area contributed by atoms with E-state index in [0.29, 0.717) is 6.04 Å². The number of nitrogens with zero attached hydrogens (tertiary/aromatic N) is 2. The molecule has 0 unspecified atom stereocenters. The summed E-state index contributed by atoms with van der Waals surface area (Å²) in [5.41, 5.74) is 5.62. The highest BCUT2D eigenvalue weighted by molar-refractivity contribution is 6.31. The maximum absolute atomic E-state index is 6.16. The summed E-state index contributed by atoms with van der Waals surface area (Å²) in [6.07, 6.45) is 0. The first-order valence-corrected chi connectivity index (χ1v) is 7.32. The third kappa shape index (κ3) is 2.98. The van der Waals surface area contributed by atoms with Crippen LogP contribution in [-0.2, 0) is 6.54 Å². The normalized spacial score (nSPS) is 11.2. The lowest BCUT2D eigenvalue weighted by Gasteiger charge is -2.10. The average molecular weight is 292 g/mol. The lowest BCUT2D eigenvalue weighted by molar-refractivity contribution is 0.516. The van der Waals surface area contributed by atoms with Crippen LogP contribution in [0.3, 0.4) is 0 Å². The summed E-state index contributed by atoms with van der Waals surface area (Å²) in [4.78, 5) is 0. The van der Waals surface area contributed by atoms with Gasteiger partial charge < -0.3 is 5.32 Å². The monoisotopic (exact) mass is 291 g/mol. The quantitative estimate of drug-likeness (QED) is 0.888. The number of benzene rings is 1. The molecule has 108 valence electrons. The van der Waals surface area contributed by atoms with Gasteiger partial charge >= 0.3 is 0 Å². The minimum atomic E-state index is 0.373. The predicted octanol–water partition coefficient (Wildman–Crippen LogP) is 4.65. The lowest BCUT2D eigenvalue weighted by Crippen LogP contribution is -2.06. The van der Waals surface area contributed by atoms with Crippen LogP contribution in [-0.4, -0.2) is 9.78 Å². The Bertz CT molecular complexity index is 614. The maximum Gasteiger partial charge on any atom is 0.0828 e. The van der Waals surface area contributed by atoms with Gasteiger partial charge in [0.2, 0.25) is 0 Å². The second kappa shape index (κ2) is 5.88. The number of nitrogens with one attached hydrogen (secondary N) is 1. The lowest BCUT2D eigenvalue weighted by atomic mass is 10.1. The molecule has 20 heavy (non-hydrogen) atoms. The summed E-state index contributed by atoms with van der Waals surface area (Å²) in [5, 5.41) is 8.87. The van der Waals surface area contributed by atoms with Crippen molar-refractivity contribution in [3.63, 3.8) is 0 Å². The summed E-state index contributed by atoms with van der Waals surface area (Å²) in [6.45, 7) is 11.2. The van der Waals surface area contributed by atoms with Crippen LogP contribution in [0.4, 0.5) is 5.69 Å². The molecule has 1 aromatic heterocycles. The number of anilines is 1. The molecule has 2 rings (SSSR count). The number of rotatable bonds is 4. The minimum Gasteiger partial charge on any atom is -0.378 e. The Kier molecular flexibility index (Phi) is 4.39. The fraction of sp³-hybridized carbons (Fsp3) is 0.438. The Hall–Kier alpha value is -1.48. The molecule has 1 heterocycles. The van der Waals surface area contributed by atoms with E-state index in [1.807, 2.05) is 19.9 Å². The Morgan fingerprint density at radius 1 is 1.25 bits per heavy atom. The second-order valence-electron chi connectivity index (χ2n) is 5.52. The van der Waals surface area contributed by atoms with Crippen LogP contribution in [0.15, 0.2) is 18.2 Å². The van der Waals surface area contributed by atoms with Crippen LogP contribution < -0.4 is 5.32 Å². The molecule has 0 atom stereocenters. The first kappa shape index (κ1) is 14.9. The highest BCUT2D eigenvalue weighted by Crippen LogP contribution is 2.24. The van der Waals surface area contributed by atoms with Crippen LogP contribution in [0, 0.1) is 20.8 Å². The molecule has 1 aromatic carbocycles. The van der Waals surface area contributed by atoms with Gasteiger partial charge in [-0.05, 0) is 51.8 Å². The van der Waals surface area contributed by atoms with Crippen molar-refractivity contribution >= 4 is 17.3 Å². The van der Waals surface area contributed by atoms with Crippen molar-refractivity contribution in [1.82, 2.24) is 9.78 Å². The van der Waals surface area contributed by atoms with Gasteiger partial charge in [-0.15, -0.1) is 0 Å². The summed E-state index contributed by atoms with van der Waals surface area (Å²) in [7, 11) is 0. The molecule has 3 nitrogen and oxygen atoms in total. The Morgan fingerprint density at radius 2 is 1.95 bits per heavy atom. The van der Waals surface area contributed by atoms with Crippen molar-refractivity contribution in [2.24, 2.45) is 0 Å². The van der Waals surface area contributed by atoms with Gasteiger partial charge in [-0.2, -0.15) is 5.10 Å². The highest BCUT2D eigenvalue weighted by atomic mass is 35.5. The summed E-state index contributed by atoms with van der Waals surface area (Å²) >= 11 is 6.16. The standard InChI is InChI=1S/C16H22ClN3/c1-10(2)20-13(5)16(12(4)19-20)18-9-14-7-6-11(3)15(17)8-14/h6-8,10,18H,9H2,1-5H3. The topological polar surface area (TPSA) is 29.9 Å². The molecule has 0 saturated heterocycles. The van der Waals surface area contributed by atoms with E-state index in [0.717, 1.165) is 28.5 Å². The Morgan fingerprint density at radius 3 is 2.50 bits per heavy atom. The van der Waals surface area contributed by atoms with E-state index < -0.39 is 0 Å². The van der Waals surface area contributed by atoms with E-state index in [1.165, 1.54) is 11.3 Å². The molecule has 0 aliphatic carbocycles. The molecule has 0 aliphatic heterocycles. The third-order valence-corrected chi connectivity index (χ3v) is 3.93. The van der Waals surface area contributed by atoms with Gasteiger partial charge in [-0.1, -0.05) is 23.7 Å². The Balaban J connectivity index is 2.16. The van der Waals surface area contributed by atoms with Crippen LogP contribution in [0.2, 0.25) is 5.02 Å². The van der Waals surface area contributed by atoms with E-state index in [9.17, 15) is 0 Å². The van der Waals surface area contributed by atoms with Gasteiger partial charge in [0.25, 0.3) is 0 Å². The van der Waals surface area contributed by atoms with Crippen LogP contribution >= 0.6 is 11.6 Å². The van der Waals surface area contributed by atoms with Gasteiger partial charge in [0.05, 0.1) is 17.1 Å². The summed E-state index contributed by atoms with van der Waals surface area (Å²) in [5.74, 6) is 0. The van der Waals surface area contributed by atoms with Crippen LogP contribution in [0.5, 0.6) is 0 Å². The van der Waals surface area contributed by atoms with Crippen LogP contribution in [0.25, 0.3) is 0 Å². The second-order valence-corrected chi connectivity index (χ2v) is 5.93. The average Bonchev–Trinajstić information content (AvgIpc) is 2.67. The zero-order chi connectivity index (χ0) is 14.9. The smallest absolute Gasteiger partial charge is 0.0828 e. The van der Waals surface area contributed by atoms with Gasteiger partial charge in [0.15, 0.2) is 0 Å². The van der Waals surface area contributed by atoms with Crippen molar-refractivity contribution in [2.75, 3.05) is 5.32 Å². The van der Waals surface area contributed by atoms with Gasteiger partial charge in [-0.25, -0.2) is 0 Å². The van der Waals surface area contributed by atoms with E-state index in [2.05, 4.69) is 48.0 Å². The van der Waals surface area contributed by atoms with E-state index in [4.69, 9.17) is 11.6 Å². The molecule has 0 bridgehead atoms. The molecule has 0 radical (unpaired) electrons. The van der Waals surface area contributed by atoms with Crippen molar-refractivity contribution in [3.05, 3.63) is 45.7 Å². The number of hydrogen-bond acceptors (Lipinski definition) is 2. The first-order chi connectivity index (χ1) is 9.40. The molecule has 0 amide bonds. The van der Waals surface area contributed by atoms with Crippen molar-refractivity contribution in [2.45, 2.75) is 47.2 Å². The largest absolute Gasteiger partial charge is 0.378 e. The number of aryl methyl sites for hydroxylation is 2. The summed E-state index contributed by atoms with van der Waals surface area (Å²) in [6, 6.07) is 6.54. The number of aromatic nitrogens is 2. The molecule has 0 fully saturated rings. The molecule has 0 saturated carbocycles. The molecule has 2 aromatic rings. The highest BCUT2D eigenvalue weighted by Gasteiger charge is 2.13. The SMILES string of the molecule is Cc1ccc(CNc2c(C)nn(C(C)C)c2C)cc1Cl. The summed E-state index contributed by atoms with van der Waals surface area (Å²) < 4.78 is 2.06. The first-order valence-electron chi connectivity index (χ1n) is 6.94. The number of hydrogen-bond donors (Lipinski definition) is 1. The zero-order valence-corrected chi connectivity index (χ0v) is 13.5. The molecule has 1 N–H and O–H groups in total. The van der Waals surface area contributed by atoms with Crippen LogP contribution in [0.1, 0.15) is 42.4 Å². The fourth-order valence-electron chi connectivity index (χ4n) is 2.36. The molecule has 0 spiro atoms. The van der Waals surface area contributed by atoms with Gasteiger partial charge in [0.1, 0.15) is 0 Å². The van der Waals surface area contributed by atoms with Crippen molar-refractivity contribution in [1.29, 1.82) is 0 Å². The van der Waals surface area contributed by atoms with Crippen molar-refractivity contribution < 1.29 is 0 Å². The van der Waals surface area contributed by atoms with E-state index >= 15 is 0 Å². The van der Waals surface area contributed by atoms with E-state index in [1.54, 1.807) is 0 Å². The fourth-order valence-corrected chi connectivity index (χ4v) is 2.56. The number of halogens is 1. The Labute approximate surface area is 126 Å². The predicted molar refractivity (Wildman–Crippen MR) is 85.6 cm³/mol. The van der Waals surface area contributed by atoms with E-state index in [-0.39, 0.29) is 0 Å². The molecule has 0 aliphatic rings. The zero-order valence-electron chi connectivity index (χ0n) is 12.8. The minimum absolute atomic E-state index is 0.373. The maximum atomic E-state index is 6.16. The molecular formula is C16H22ClN3. The van der Waals surface area contributed by atoms with Crippen molar-refractivity contribution in [3.8, 4) is 0 Å². The molecular weight excluding hydrogens is 270 g/mol. The molecule has 4 heteroatoms. The third-order valence-electron chi connectivity index (χ3n) is 3.52.